The molecule has 1 N–H and O–H groups in total. The second kappa shape index (κ2) is 5.37. The van der Waals surface area contributed by atoms with Gasteiger partial charge in [0.15, 0.2) is 5.76 Å². The van der Waals surface area contributed by atoms with E-state index in [1.54, 1.807) is 18.2 Å². The van der Waals surface area contributed by atoms with Gasteiger partial charge in [-0.1, -0.05) is 12.1 Å². The normalized spacial score (nSPS) is 12.5. The van der Waals surface area contributed by atoms with E-state index in [0.717, 1.165) is 4.68 Å². The van der Waals surface area contributed by atoms with Crippen molar-refractivity contribution in [2.45, 2.75) is 12.6 Å². The monoisotopic (exact) mass is 290 g/mol. The Hall–Kier alpha value is -2.67. The van der Waals surface area contributed by atoms with E-state index < -0.39 is 17.7 Å². The molecule has 6 nitrogen and oxygen atoms in total. The van der Waals surface area contributed by atoms with Gasteiger partial charge in [-0.25, -0.2) is 9.18 Å². The molecule has 0 aliphatic heterocycles. The molecule has 0 radical (unpaired) electrons. The maximum Gasteiger partial charge on any atom is 0.437 e. The Morgan fingerprint density at radius 1 is 1.33 bits per heavy atom. The molecule has 3 rings (SSSR count). The zero-order valence-corrected chi connectivity index (χ0v) is 10.8. The number of aromatic nitrogens is 2. The van der Waals surface area contributed by atoms with Gasteiger partial charge in [0.25, 0.3) is 5.89 Å². The molecule has 0 fully saturated rings. The second-order valence-electron chi connectivity index (χ2n) is 4.40. The van der Waals surface area contributed by atoms with Crippen LogP contribution in [-0.2, 0) is 6.54 Å². The standard InChI is InChI=1S/C14H11FN2O4/c15-10-4-1-3-9(7-10)11(18)8-17-14(19)21-13(16-17)12-5-2-6-20-12/h1-7,11,18H,8H2/t11-/m0/s1. The molecule has 0 amide bonds. The van der Waals surface area contributed by atoms with Gasteiger partial charge in [-0.2, -0.15) is 4.68 Å². The third-order valence-electron chi connectivity index (χ3n) is 2.92. The molecular formula is C14H11FN2O4. The van der Waals surface area contributed by atoms with Crippen molar-refractivity contribution in [1.82, 2.24) is 9.78 Å². The van der Waals surface area contributed by atoms with Gasteiger partial charge in [0.05, 0.1) is 18.9 Å². The Morgan fingerprint density at radius 3 is 2.90 bits per heavy atom. The van der Waals surface area contributed by atoms with Crippen molar-refractivity contribution in [3.05, 3.63) is 64.6 Å². The average molecular weight is 290 g/mol. The van der Waals surface area contributed by atoms with Crippen LogP contribution in [0.2, 0.25) is 0 Å². The van der Waals surface area contributed by atoms with E-state index in [0.29, 0.717) is 11.3 Å². The summed E-state index contributed by atoms with van der Waals surface area (Å²) in [6, 6.07) is 8.74. The fourth-order valence-electron chi connectivity index (χ4n) is 1.90. The first-order chi connectivity index (χ1) is 10.1. The maximum absolute atomic E-state index is 13.1. The van der Waals surface area contributed by atoms with E-state index in [1.165, 1.54) is 24.5 Å². The first kappa shape index (κ1) is 13.3. The van der Waals surface area contributed by atoms with E-state index in [-0.39, 0.29) is 12.4 Å². The highest BCUT2D eigenvalue weighted by Gasteiger charge is 2.16. The molecule has 0 aliphatic rings. The number of halogens is 1. The fourth-order valence-corrected chi connectivity index (χ4v) is 1.90. The van der Waals surface area contributed by atoms with Gasteiger partial charge in [0.1, 0.15) is 5.82 Å². The molecule has 0 saturated heterocycles. The minimum absolute atomic E-state index is 0.0245. The van der Waals surface area contributed by atoms with Crippen LogP contribution in [0.5, 0.6) is 0 Å². The molecule has 3 aromatic rings. The van der Waals surface area contributed by atoms with Crippen molar-refractivity contribution < 1.29 is 18.3 Å². The van der Waals surface area contributed by atoms with Gasteiger partial charge in [-0.15, -0.1) is 5.10 Å². The van der Waals surface area contributed by atoms with E-state index in [9.17, 15) is 14.3 Å². The number of aliphatic hydroxyl groups excluding tert-OH is 1. The van der Waals surface area contributed by atoms with E-state index in [2.05, 4.69) is 5.10 Å². The smallest absolute Gasteiger partial charge is 0.437 e. The minimum atomic E-state index is -1.08. The first-order valence-corrected chi connectivity index (χ1v) is 6.19. The van der Waals surface area contributed by atoms with Crippen LogP contribution >= 0.6 is 0 Å². The molecule has 21 heavy (non-hydrogen) atoms. The van der Waals surface area contributed by atoms with Gasteiger partial charge in [0.2, 0.25) is 0 Å². The van der Waals surface area contributed by atoms with Crippen molar-refractivity contribution in [1.29, 1.82) is 0 Å². The summed E-state index contributed by atoms with van der Waals surface area (Å²) < 4.78 is 24.1. The Balaban J connectivity index is 1.83. The predicted molar refractivity (Wildman–Crippen MR) is 69.8 cm³/mol. The largest absolute Gasteiger partial charge is 0.459 e. The second-order valence-corrected chi connectivity index (χ2v) is 4.40. The number of rotatable bonds is 4. The number of hydrogen-bond donors (Lipinski definition) is 1. The average Bonchev–Trinajstić information content (AvgIpc) is 3.09. The molecule has 0 unspecified atom stereocenters. The molecule has 1 atom stereocenters. The minimum Gasteiger partial charge on any atom is -0.459 e. The SMILES string of the molecule is O=c1oc(-c2ccco2)nn1C[C@H](O)c1cccc(F)c1. The lowest BCUT2D eigenvalue weighted by molar-refractivity contribution is 0.148. The highest BCUT2D eigenvalue weighted by Crippen LogP contribution is 2.18. The zero-order valence-electron chi connectivity index (χ0n) is 10.8. The molecule has 0 aliphatic carbocycles. The molecule has 0 spiro atoms. The van der Waals surface area contributed by atoms with Crippen LogP contribution in [0.25, 0.3) is 11.7 Å². The van der Waals surface area contributed by atoms with Crippen LogP contribution in [0.15, 0.2) is 56.3 Å². The van der Waals surface area contributed by atoms with Gasteiger partial charge in [0, 0.05) is 0 Å². The van der Waals surface area contributed by atoms with E-state index >= 15 is 0 Å². The maximum atomic E-state index is 13.1. The van der Waals surface area contributed by atoms with Crippen LogP contribution in [0.4, 0.5) is 4.39 Å². The van der Waals surface area contributed by atoms with Crippen molar-refractivity contribution >= 4 is 0 Å². The molecule has 0 bridgehead atoms. The fraction of sp³-hybridized carbons (Fsp3) is 0.143. The van der Waals surface area contributed by atoms with Gasteiger partial charge in [-0.3, -0.25) is 0 Å². The van der Waals surface area contributed by atoms with E-state index in [4.69, 9.17) is 8.83 Å². The summed E-state index contributed by atoms with van der Waals surface area (Å²) in [5, 5.41) is 14.0. The summed E-state index contributed by atoms with van der Waals surface area (Å²) >= 11 is 0. The van der Waals surface area contributed by atoms with Crippen molar-refractivity contribution in [2.75, 3.05) is 0 Å². The van der Waals surface area contributed by atoms with Crippen LogP contribution in [0, 0.1) is 5.82 Å². The summed E-state index contributed by atoms with van der Waals surface area (Å²) in [7, 11) is 0. The molecule has 1 aromatic carbocycles. The lowest BCUT2D eigenvalue weighted by Gasteiger charge is -2.09. The predicted octanol–water partition coefficient (Wildman–Crippen LogP) is 1.97. The highest BCUT2D eigenvalue weighted by molar-refractivity contribution is 5.42. The van der Waals surface area contributed by atoms with Crippen LogP contribution in [-0.4, -0.2) is 14.9 Å². The summed E-state index contributed by atoms with van der Waals surface area (Å²) in [6.07, 6.45) is 0.351. The lowest BCUT2D eigenvalue weighted by Crippen LogP contribution is -2.20. The number of furan rings is 1. The first-order valence-electron chi connectivity index (χ1n) is 6.19. The third-order valence-corrected chi connectivity index (χ3v) is 2.92. The molecule has 2 heterocycles. The van der Waals surface area contributed by atoms with Gasteiger partial charge in [-0.05, 0) is 29.8 Å². The van der Waals surface area contributed by atoms with Crippen molar-refractivity contribution in [3.8, 4) is 11.7 Å². The number of nitrogens with zero attached hydrogens (tertiary/aromatic N) is 2. The topological polar surface area (TPSA) is 81.4 Å². The summed E-state index contributed by atoms with van der Waals surface area (Å²) in [6.45, 7) is -0.146. The summed E-state index contributed by atoms with van der Waals surface area (Å²) in [5.74, 6) is -0.852. The van der Waals surface area contributed by atoms with Crippen molar-refractivity contribution in [2.24, 2.45) is 0 Å². The van der Waals surface area contributed by atoms with Crippen molar-refractivity contribution in [3.63, 3.8) is 0 Å². The van der Waals surface area contributed by atoms with E-state index in [1.807, 2.05) is 0 Å². The Labute approximate surface area is 118 Å². The molecule has 108 valence electrons. The number of aliphatic hydroxyl groups is 1. The third kappa shape index (κ3) is 2.77. The van der Waals surface area contributed by atoms with Gasteiger partial charge < -0.3 is 13.9 Å². The summed E-state index contributed by atoms with van der Waals surface area (Å²) in [4.78, 5) is 11.7. The zero-order chi connectivity index (χ0) is 14.8. The Morgan fingerprint density at radius 2 is 2.19 bits per heavy atom. The molecule has 0 saturated carbocycles. The lowest BCUT2D eigenvalue weighted by atomic mass is 10.1. The Kier molecular flexibility index (Phi) is 3.41. The number of benzene rings is 1. The Bertz CT molecular complexity index is 791. The quantitative estimate of drug-likeness (QED) is 0.794. The van der Waals surface area contributed by atoms with Gasteiger partial charge >= 0.3 is 5.76 Å². The molecule has 7 heteroatoms. The molecule has 2 aromatic heterocycles. The number of hydrogen-bond acceptors (Lipinski definition) is 5. The van der Waals surface area contributed by atoms with Crippen LogP contribution in [0.1, 0.15) is 11.7 Å². The molecular weight excluding hydrogens is 279 g/mol. The van der Waals surface area contributed by atoms with Crippen LogP contribution in [0.3, 0.4) is 0 Å². The van der Waals surface area contributed by atoms with Crippen LogP contribution < -0.4 is 5.76 Å². The summed E-state index contributed by atoms with van der Waals surface area (Å²) in [5.41, 5.74) is 0.351. The highest BCUT2D eigenvalue weighted by atomic mass is 19.1.